The molecule has 4 rings (SSSR count). The van der Waals surface area contributed by atoms with Crippen molar-refractivity contribution in [1.29, 1.82) is 0 Å². The number of nitrogens with zero attached hydrogens (tertiary/aromatic N) is 3. The van der Waals surface area contributed by atoms with Crippen molar-refractivity contribution in [2.24, 2.45) is 0 Å². The maximum atomic E-state index is 13.0. The van der Waals surface area contributed by atoms with E-state index in [0.29, 0.717) is 48.5 Å². The molecule has 1 N–H and O–H groups in total. The monoisotopic (exact) mass is 518 g/mol. The molecule has 0 radical (unpaired) electrons. The summed E-state index contributed by atoms with van der Waals surface area (Å²) in [6.45, 7) is 1.57. The van der Waals surface area contributed by atoms with Crippen LogP contribution in [-0.4, -0.2) is 54.1 Å². The van der Waals surface area contributed by atoms with Crippen molar-refractivity contribution in [1.82, 2.24) is 14.9 Å². The van der Waals surface area contributed by atoms with Crippen LogP contribution in [0.4, 0.5) is 18.9 Å². The summed E-state index contributed by atoms with van der Waals surface area (Å²) in [4.78, 5) is 35.6. The average molecular weight is 519 g/mol. The zero-order valence-corrected chi connectivity index (χ0v) is 20.4. The fourth-order valence-corrected chi connectivity index (χ4v) is 4.75. The number of piperazine rings is 1. The number of H-pyrrole nitrogens is 1. The Hall–Kier alpha value is -3.47. The Bertz CT molecular complexity index is 1270. The number of halogens is 3. The Balaban J connectivity index is 1.34. The Morgan fingerprint density at radius 3 is 2.56 bits per heavy atom. The molecule has 0 bridgehead atoms. The Morgan fingerprint density at radius 2 is 1.83 bits per heavy atom. The van der Waals surface area contributed by atoms with Crippen molar-refractivity contribution in [2.45, 2.75) is 23.5 Å². The van der Waals surface area contributed by atoms with Crippen LogP contribution in [0.5, 0.6) is 5.75 Å². The summed E-state index contributed by atoms with van der Waals surface area (Å²) in [5.41, 5.74) is 0.819. The van der Waals surface area contributed by atoms with Gasteiger partial charge in [-0.3, -0.25) is 9.59 Å². The minimum atomic E-state index is -4.40. The van der Waals surface area contributed by atoms with Gasteiger partial charge in [0.15, 0.2) is 5.16 Å². The van der Waals surface area contributed by atoms with Crippen LogP contribution in [0.2, 0.25) is 0 Å². The van der Waals surface area contributed by atoms with E-state index >= 15 is 0 Å². The molecule has 0 spiro atoms. The normalized spacial score (nSPS) is 14.1. The summed E-state index contributed by atoms with van der Waals surface area (Å²) in [5, 5.41) is 0.419. The zero-order valence-electron chi connectivity index (χ0n) is 19.5. The summed E-state index contributed by atoms with van der Waals surface area (Å²) in [5.74, 6) is 1.12. The maximum Gasteiger partial charge on any atom is 0.416 e. The number of hydrogen-bond acceptors (Lipinski definition) is 6. The van der Waals surface area contributed by atoms with Gasteiger partial charge in [-0.1, -0.05) is 30.0 Å². The SMILES string of the molecule is COc1cccc(CSc2nc(CC(=O)N3CCN(c4cccc(C(F)(F)F)c4)CC3)cc(=O)[nH]2)c1. The highest BCUT2D eigenvalue weighted by molar-refractivity contribution is 7.98. The summed E-state index contributed by atoms with van der Waals surface area (Å²) in [7, 11) is 1.59. The molecule has 1 aliphatic rings. The van der Waals surface area contributed by atoms with E-state index in [0.717, 1.165) is 23.4 Å². The second-order valence-corrected chi connectivity index (χ2v) is 9.24. The predicted molar refractivity (Wildman–Crippen MR) is 131 cm³/mol. The first-order valence-corrected chi connectivity index (χ1v) is 12.3. The molecule has 3 aromatic rings. The fourth-order valence-electron chi connectivity index (χ4n) is 3.92. The summed E-state index contributed by atoms with van der Waals surface area (Å²) in [6, 6.07) is 14.1. The van der Waals surface area contributed by atoms with Crippen molar-refractivity contribution in [3.05, 3.63) is 81.8 Å². The minimum absolute atomic E-state index is 0.0276. The van der Waals surface area contributed by atoms with Crippen molar-refractivity contribution in [2.75, 3.05) is 38.2 Å². The molecule has 1 saturated heterocycles. The number of hydrogen-bond donors (Lipinski definition) is 1. The molecule has 0 unspecified atom stereocenters. The number of anilines is 1. The summed E-state index contributed by atoms with van der Waals surface area (Å²) < 4.78 is 44.3. The number of nitrogens with one attached hydrogen (secondary N) is 1. The van der Waals surface area contributed by atoms with Gasteiger partial charge in [0.05, 0.1) is 24.8 Å². The number of methoxy groups -OCH3 is 1. The number of thioether (sulfide) groups is 1. The smallest absolute Gasteiger partial charge is 0.416 e. The number of amides is 1. The van der Waals surface area contributed by atoms with Gasteiger partial charge in [0.25, 0.3) is 5.56 Å². The lowest BCUT2D eigenvalue weighted by Crippen LogP contribution is -2.49. The van der Waals surface area contributed by atoms with Crippen LogP contribution < -0.4 is 15.2 Å². The lowest BCUT2D eigenvalue weighted by molar-refractivity contribution is -0.137. The van der Waals surface area contributed by atoms with Crippen LogP contribution in [0.1, 0.15) is 16.8 Å². The highest BCUT2D eigenvalue weighted by atomic mass is 32.2. The quantitative estimate of drug-likeness (QED) is 0.377. The second-order valence-electron chi connectivity index (χ2n) is 8.27. The number of aromatic amines is 1. The molecule has 190 valence electrons. The van der Waals surface area contributed by atoms with Gasteiger partial charge in [-0.25, -0.2) is 4.98 Å². The molecule has 0 aliphatic carbocycles. The van der Waals surface area contributed by atoms with Gasteiger partial charge in [-0.2, -0.15) is 13.2 Å². The zero-order chi connectivity index (χ0) is 25.7. The first-order chi connectivity index (χ1) is 17.2. The molecule has 1 aromatic heterocycles. The fraction of sp³-hybridized carbons (Fsp3) is 0.320. The van der Waals surface area contributed by atoms with Gasteiger partial charge in [-0.15, -0.1) is 0 Å². The van der Waals surface area contributed by atoms with Gasteiger partial charge < -0.3 is 19.5 Å². The van der Waals surface area contributed by atoms with Crippen molar-refractivity contribution in [3.63, 3.8) is 0 Å². The van der Waals surface area contributed by atoms with Gasteiger partial charge >= 0.3 is 6.18 Å². The van der Waals surface area contributed by atoms with E-state index in [1.807, 2.05) is 29.2 Å². The van der Waals surface area contributed by atoms with Crippen molar-refractivity contribution >= 4 is 23.4 Å². The first-order valence-electron chi connectivity index (χ1n) is 11.3. The van der Waals surface area contributed by atoms with E-state index in [1.165, 1.54) is 23.9 Å². The van der Waals surface area contributed by atoms with Crippen LogP contribution in [0.3, 0.4) is 0 Å². The Labute approximate surface area is 210 Å². The van der Waals surface area contributed by atoms with E-state index in [-0.39, 0.29) is 17.9 Å². The van der Waals surface area contributed by atoms with Gasteiger partial charge in [-0.05, 0) is 35.9 Å². The lowest BCUT2D eigenvalue weighted by Gasteiger charge is -2.36. The van der Waals surface area contributed by atoms with Crippen LogP contribution in [-0.2, 0) is 23.1 Å². The van der Waals surface area contributed by atoms with Crippen molar-refractivity contribution in [3.8, 4) is 5.75 Å². The number of carbonyl (C=O) groups excluding carboxylic acids is 1. The van der Waals surface area contributed by atoms with Crippen LogP contribution >= 0.6 is 11.8 Å². The van der Waals surface area contributed by atoms with Crippen LogP contribution in [0, 0.1) is 0 Å². The molecule has 36 heavy (non-hydrogen) atoms. The van der Waals surface area contributed by atoms with Gasteiger partial charge in [0, 0.05) is 43.7 Å². The Morgan fingerprint density at radius 1 is 1.08 bits per heavy atom. The number of carbonyl (C=O) groups is 1. The van der Waals surface area contributed by atoms with E-state index in [4.69, 9.17) is 4.74 Å². The highest BCUT2D eigenvalue weighted by Gasteiger charge is 2.31. The predicted octanol–water partition coefficient (Wildman–Crippen LogP) is 3.98. The van der Waals surface area contributed by atoms with Crippen molar-refractivity contribution < 1.29 is 22.7 Å². The standard InChI is InChI=1S/C25H25F3N4O3S/c1-35-21-7-2-4-17(12-21)16-36-24-29-19(14-22(33)30-24)15-23(34)32-10-8-31(9-11-32)20-6-3-5-18(13-20)25(26,27)28/h2-7,12-14H,8-11,15-16H2,1H3,(H,29,30,33). The van der Waals surface area contributed by atoms with E-state index in [1.54, 1.807) is 18.1 Å². The maximum absolute atomic E-state index is 13.0. The lowest BCUT2D eigenvalue weighted by atomic mass is 10.1. The second kappa shape index (κ2) is 11.1. The number of ether oxygens (including phenoxy) is 1. The highest BCUT2D eigenvalue weighted by Crippen LogP contribution is 2.32. The van der Waals surface area contributed by atoms with Gasteiger partial charge in [0.2, 0.25) is 5.91 Å². The molecular formula is C25H25F3N4O3S. The molecule has 2 aromatic carbocycles. The van der Waals surface area contributed by atoms with E-state index in [2.05, 4.69) is 9.97 Å². The van der Waals surface area contributed by atoms with Gasteiger partial charge in [0.1, 0.15) is 5.75 Å². The average Bonchev–Trinajstić information content (AvgIpc) is 2.87. The van der Waals surface area contributed by atoms with Crippen LogP contribution in [0.25, 0.3) is 0 Å². The summed E-state index contributed by atoms with van der Waals surface area (Å²) in [6.07, 6.45) is -4.43. The molecule has 0 saturated carbocycles. The van der Waals surface area contributed by atoms with Crippen LogP contribution in [0.15, 0.2) is 64.5 Å². The van der Waals surface area contributed by atoms with E-state index in [9.17, 15) is 22.8 Å². The number of alkyl halides is 3. The molecule has 1 fully saturated rings. The third-order valence-electron chi connectivity index (χ3n) is 5.79. The topological polar surface area (TPSA) is 78.5 Å². The molecule has 1 amide bonds. The molecule has 2 heterocycles. The largest absolute Gasteiger partial charge is 0.497 e. The van der Waals surface area contributed by atoms with E-state index < -0.39 is 11.7 Å². The molecule has 0 atom stereocenters. The number of aromatic nitrogens is 2. The Kier molecular flexibility index (Phi) is 7.88. The molecule has 11 heteroatoms. The molecular weight excluding hydrogens is 493 g/mol. The number of benzene rings is 2. The summed E-state index contributed by atoms with van der Waals surface area (Å²) >= 11 is 1.35. The molecule has 1 aliphatic heterocycles. The third-order valence-corrected chi connectivity index (χ3v) is 6.73. The first kappa shape index (κ1) is 25.6. The molecule has 7 nitrogen and oxygen atoms in total. The third kappa shape index (κ3) is 6.60. The number of rotatable bonds is 7. The minimum Gasteiger partial charge on any atom is -0.497 e.